The zero-order valence-electron chi connectivity index (χ0n) is 22.3. The molecule has 37 heavy (non-hydrogen) atoms. The normalized spacial score (nSPS) is 16.8. The van der Waals surface area contributed by atoms with Crippen LogP contribution in [0.5, 0.6) is 0 Å². The van der Waals surface area contributed by atoms with Gasteiger partial charge in [-0.2, -0.15) is 5.26 Å². The van der Waals surface area contributed by atoms with Gasteiger partial charge in [0.2, 0.25) is 0 Å². The van der Waals surface area contributed by atoms with Gasteiger partial charge >= 0.3 is 5.69 Å². The predicted octanol–water partition coefficient (Wildman–Crippen LogP) is 3.83. The predicted molar refractivity (Wildman–Crippen MR) is 143 cm³/mol. The van der Waals surface area contributed by atoms with Crippen LogP contribution in [-0.2, 0) is 27.2 Å². The molecule has 192 valence electrons. The highest BCUT2D eigenvalue weighted by molar-refractivity contribution is 5.78. The Bertz CT molecular complexity index is 1550. The molecule has 1 aliphatic rings. The number of piperidine rings is 1. The van der Waals surface area contributed by atoms with E-state index < -0.39 is 0 Å². The molecule has 0 N–H and O–H groups in total. The van der Waals surface area contributed by atoms with Gasteiger partial charge in [-0.3, -0.25) is 14.0 Å². The van der Waals surface area contributed by atoms with Gasteiger partial charge in [-0.25, -0.2) is 9.78 Å². The van der Waals surface area contributed by atoms with Crippen molar-refractivity contribution >= 4 is 11.2 Å². The summed E-state index contributed by atoms with van der Waals surface area (Å²) in [5, 5.41) is 18.2. The molecular weight excluding hydrogens is 464 g/mol. The van der Waals surface area contributed by atoms with Gasteiger partial charge < -0.3 is 4.57 Å². The van der Waals surface area contributed by atoms with Crippen LogP contribution in [-0.4, -0.2) is 46.9 Å². The van der Waals surface area contributed by atoms with Gasteiger partial charge in [-0.05, 0) is 54.6 Å². The minimum Gasteiger partial charge on any atom is -0.320 e. The largest absolute Gasteiger partial charge is 0.330 e. The molecule has 1 saturated heterocycles. The van der Waals surface area contributed by atoms with E-state index in [1.807, 2.05) is 35.9 Å². The summed E-state index contributed by atoms with van der Waals surface area (Å²) < 4.78 is 5.40. The third-order valence-electron chi connectivity index (χ3n) is 7.12. The molecule has 0 aliphatic carbocycles. The van der Waals surface area contributed by atoms with Gasteiger partial charge in [0.05, 0.1) is 22.8 Å². The molecule has 1 aliphatic heterocycles. The molecule has 0 radical (unpaired) electrons. The monoisotopic (exact) mass is 498 g/mol. The Morgan fingerprint density at radius 1 is 1.16 bits per heavy atom. The second-order valence-electron chi connectivity index (χ2n) is 11.4. The van der Waals surface area contributed by atoms with Gasteiger partial charge in [0.25, 0.3) is 0 Å². The van der Waals surface area contributed by atoms with Gasteiger partial charge in [-0.15, -0.1) is 10.2 Å². The lowest BCUT2D eigenvalue weighted by atomic mass is 9.96. The smallest absolute Gasteiger partial charge is 0.320 e. The Morgan fingerprint density at radius 2 is 1.97 bits per heavy atom. The number of nitriles is 1. The summed E-state index contributed by atoms with van der Waals surface area (Å²) in [5.74, 6) is 1.40. The van der Waals surface area contributed by atoms with Crippen molar-refractivity contribution in [3.05, 3.63) is 64.1 Å². The van der Waals surface area contributed by atoms with Crippen molar-refractivity contribution in [3.63, 3.8) is 0 Å². The molecule has 4 aromatic rings. The van der Waals surface area contributed by atoms with E-state index in [4.69, 9.17) is 4.98 Å². The lowest BCUT2D eigenvalue weighted by molar-refractivity contribution is 0.195. The number of likely N-dealkylation sites (tertiary alicyclic amines) is 1. The number of nitrogens with zero attached hydrogens (tertiary/aromatic N) is 8. The van der Waals surface area contributed by atoms with Gasteiger partial charge in [0, 0.05) is 45.2 Å². The molecule has 0 amide bonds. The maximum atomic E-state index is 13.0. The van der Waals surface area contributed by atoms with Crippen LogP contribution in [0.4, 0.5) is 0 Å². The van der Waals surface area contributed by atoms with E-state index in [0.717, 1.165) is 54.9 Å². The average molecular weight is 499 g/mol. The summed E-state index contributed by atoms with van der Waals surface area (Å²) in [6.07, 6.45) is 3.98. The number of aryl methyl sites for hydroxylation is 2. The van der Waals surface area contributed by atoms with E-state index in [-0.39, 0.29) is 11.1 Å². The van der Waals surface area contributed by atoms with Crippen molar-refractivity contribution in [3.8, 4) is 17.3 Å². The second kappa shape index (κ2) is 9.60. The Labute approximate surface area is 217 Å². The molecule has 1 atom stereocenters. The first-order valence-electron chi connectivity index (χ1n) is 12.8. The number of rotatable bonds is 5. The lowest BCUT2D eigenvalue weighted by Crippen LogP contribution is -2.34. The maximum absolute atomic E-state index is 13.0. The summed E-state index contributed by atoms with van der Waals surface area (Å²) in [4.78, 5) is 20.3. The summed E-state index contributed by atoms with van der Waals surface area (Å²) in [6, 6.07) is 12.2. The zero-order chi connectivity index (χ0) is 26.3. The third kappa shape index (κ3) is 4.94. The summed E-state index contributed by atoms with van der Waals surface area (Å²) >= 11 is 0. The van der Waals surface area contributed by atoms with Crippen LogP contribution in [0.2, 0.25) is 0 Å². The third-order valence-corrected chi connectivity index (χ3v) is 7.12. The molecule has 3 aromatic heterocycles. The van der Waals surface area contributed by atoms with Crippen LogP contribution in [0.15, 0.2) is 41.5 Å². The quantitative estimate of drug-likeness (QED) is 0.415. The van der Waals surface area contributed by atoms with E-state index in [9.17, 15) is 10.1 Å². The summed E-state index contributed by atoms with van der Waals surface area (Å²) in [6.45, 7) is 9.69. The number of benzene rings is 1. The highest BCUT2D eigenvalue weighted by Gasteiger charge is 2.25. The highest BCUT2D eigenvalue weighted by atomic mass is 16.1. The minimum absolute atomic E-state index is 0.0423. The zero-order valence-corrected chi connectivity index (χ0v) is 22.3. The molecule has 9 nitrogen and oxygen atoms in total. The molecule has 1 fully saturated rings. The fraction of sp³-hybridized carbons (Fsp3) is 0.464. The van der Waals surface area contributed by atoms with Crippen molar-refractivity contribution in [1.82, 2.24) is 33.8 Å². The standard InChI is InChI=1S/C28H34N8O/c1-28(2,3)17-36-24-11-10-23(31-26(24)34(5)27(36)37)22-13-19(8-9-20(22)14-29)15-35-12-6-7-21(16-35)25-32-30-18-33(25)4/h8-11,13,18,21H,6-7,12,15-17H2,1-5H3. The second-order valence-corrected chi connectivity index (χ2v) is 11.4. The molecule has 9 heteroatoms. The lowest BCUT2D eigenvalue weighted by Gasteiger charge is -2.32. The van der Waals surface area contributed by atoms with Crippen LogP contribution in [0.1, 0.15) is 56.5 Å². The van der Waals surface area contributed by atoms with Crippen LogP contribution >= 0.6 is 0 Å². The molecule has 0 bridgehead atoms. The van der Waals surface area contributed by atoms with Crippen molar-refractivity contribution in [2.45, 2.75) is 52.6 Å². The fourth-order valence-electron chi connectivity index (χ4n) is 5.38. The summed E-state index contributed by atoms with van der Waals surface area (Å²) in [7, 11) is 3.75. The van der Waals surface area contributed by atoms with Crippen molar-refractivity contribution in [1.29, 1.82) is 5.26 Å². The van der Waals surface area contributed by atoms with Crippen LogP contribution in [0.25, 0.3) is 22.4 Å². The van der Waals surface area contributed by atoms with Gasteiger partial charge in [0.1, 0.15) is 12.2 Å². The first-order chi connectivity index (χ1) is 17.6. The SMILES string of the molecule is Cn1cnnc1C1CCCN(Cc2ccc(C#N)c(-c3ccc4c(n3)n(C)c(=O)n4CC(C)(C)C)c2)C1. The number of fused-ring (bicyclic) bond motifs is 1. The Hall–Kier alpha value is -3.77. The van der Waals surface area contributed by atoms with Gasteiger partial charge in [0.15, 0.2) is 5.65 Å². The van der Waals surface area contributed by atoms with Gasteiger partial charge in [-0.1, -0.05) is 26.8 Å². The Balaban J connectivity index is 1.45. The Morgan fingerprint density at radius 3 is 2.68 bits per heavy atom. The van der Waals surface area contributed by atoms with Crippen molar-refractivity contribution < 1.29 is 0 Å². The molecule has 1 aromatic carbocycles. The van der Waals surface area contributed by atoms with E-state index >= 15 is 0 Å². The van der Waals surface area contributed by atoms with Crippen LogP contribution in [0.3, 0.4) is 0 Å². The van der Waals surface area contributed by atoms with Crippen molar-refractivity contribution in [2.24, 2.45) is 19.5 Å². The molecule has 0 spiro atoms. The van der Waals surface area contributed by atoms with E-state index in [1.165, 1.54) is 0 Å². The van der Waals surface area contributed by atoms with E-state index in [0.29, 0.717) is 29.4 Å². The highest BCUT2D eigenvalue weighted by Crippen LogP contribution is 2.29. The van der Waals surface area contributed by atoms with Crippen molar-refractivity contribution in [2.75, 3.05) is 13.1 Å². The number of pyridine rings is 1. The van der Waals surface area contributed by atoms with Crippen LogP contribution < -0.4 is 5.69 Å². The Kier molecular flexibility index (Phi) is 6.46. The average Bonchev–Trinajstić information content (AvgIpc) is 3.40. The number of hydrogen-bond donors (Lipinski definition) is 0. The number of aromatic nitrogens is 6. The molecule has 5 rings (SSSR count). The number of hydrogen-bond acceptors (Lipinski definition) is 6. The molecule has 0 saturated carbocycles. The van der Waals surface area contributed by atoms with Crippen LogP contribution in [0, 0.1) is 16.7 Å². The van der Waals surface area contributed by atoms with E-state index in [2.05, 4.69) is 48.0 Å². The maximum Gasteiger partial charge on any atom is 0.330 e. The molecule has 1 unspecified atom stereocenters. The first kappa shape index (κ1) is 24.9. The molecular formula is C28H34N8O. The number of imidazole rings is 1. The van der Waals surface area contributed by atoms with E-state index in [1.54, 1.807) is 22.5 Å². The topological polar surface area (TPSA) is 97.6 Å². The fourth-order valence-corrected chi connectivity index (χ4v) is 5.38. The first-order valence-corrected chi connectivity index (χ1v) is 12.8. The molecule has 4 heterocycles. The minimum atomic E-state index is -0.0774. The summed E-state index contributed by atoms with van der Waals surface area (Å²) in [5.41, 5.74) is 4.52.